The molecule has 1 aliphatic rings. The lowest BCUT2D eigenvalue weighted by Gasteiger charge is -2.23. The Kier molecular flexibility index (Phi) is 5.71. The van der Waals surface area contributed by atoms with Gasteiger partial charge in [-0.1, -0.05) is 45.5 Å². The number of ketones is 1. The van der Waals surface area contributed by atoms with Crippen molar-refractivity contribution in [1.82, 2.24) is 4.98 Å². The first-order valence-corrected chi connectivity index (χ1v) is 12.1. The summed E-state index contributed by atoms with van der Waals surface area (Å²) in [4.78, 5) is 32.7. The quantitative estimate of drug-likeness (QED) is 0.197. The van der Waals surface area contributed by atoms with E-state index < -0.39 is 17.7 Å². The Labute approximate surface area is 208 Å². The zero-order valence-electron chi connectivity index (χ0n) is 18.3. The van der Waals surface area contributed by atoms with E-state index in [0.29, 0.717) is 22.0 Å². The fourth-order valence-corrected chi connectivity index (χ4v) is 5.56. The average molecular weight is 535 g/mol. The van der Waals surface area contributed by atoms with Gasteiger partial charge in [0.2, 0.25) is 0 Å². The van der Waals surface area contributed by atoms with E-state index in [1.165, 1.54) is 16.2 Å². The van der Waals surface area contributed by atoms with Crippen LogP contribution < -0.4 is 9.64 Å². The van der Waals surface area contributed by atoms with Gasteiger partial charge >= 0.3 is 5.91 Å². The lowest BCUT2D eigenvalue weighted by Crippen LogP contribution is -2.29. The third-order valence-electron chi connectivity index (χ3n) is 5.71. The topological polar surface area (TPSA) is 79.7 Å². The maximum absolute atomic E-state index is 13.3. The second-order valence-electron chi connectivity index (χ2n) is 7.92. The van der Waals surface area contributed by atoms with E-state index in [0.717, 1.165) is 20.3 Å². The zero-order valence-corrected chi connectivity index (χ0v) is 20.7. The van der Waals surface area contributed by atoms with E-state index >= 15 is 0 Å². The van der Waals surface area contributed by atoms with E-state index in [2.05, 4.69) is 20.9 Å². The maximum Gasteiger partial charge on any atom is 0.301 e. The zero-order chi connectivity index (χ0) is 24.0. The predicted molar refractivity (Wildman–Crippen MR) is 136 cm³/mol. The van der Waals surface area contributed by atoms with Gasteiger partial charge in [0.1, 0.15) is 11.5 Å². The van der Waals surface area contributed by atoms with Gasteiger partial charge in [-0.25, -0.2) is 4.98 Å². The van der Waals surface area contributed by atoms with E-state index in [4.69, 9.17) is 4.74 Å². The third-order valence-corrected chi connectivity index (χ3v) is 7.22. The summed E-state index contributed by atoms with van der Waals surface area (Å²) in [5, 5.41) is 11.6. The molecule has 170 valence electrons. The van der Waals surface area contributed by atoms with Crippen LogP contribution in [0.5, 0.6) is 5.75 Å². The smallest absolute Gasteiger partial charge is 0.301 e. The highest BCUT2D eigenvalue weighted by atomic mass is 79.9. The number of rotatable bonds is 4. The fourth-order valence-electron chi connectivity index (χ4n) is 4.05. The summed E-state index contributed by atoms with van der Waals surface area (Å²) in [6.45, 7) is 1.99. The number of Topliss-reactive ketones (excluding diaryl/α,β-unsaturated/α-hetero) is 1. The number of fused-ring (bicyclic) bond motifs is 1. The average Bonchev–Trinajstić information content (AvgIpc) is 3.36. The van der Waals surface area contributed by atoms with E-state index in [1.54, 1.807) is 31.4 Å². The first-order valence-electron chi connectivity index (χ1n) is 10.5. The Bertz CT molecular complexity index is 1480. The van der Waals surface area contributed by atoms with Crippen molar-refractivity contribution in [1.29, 1.82) is 0 Å². The van der Waals surface area contributed by atoms with Gasteiger partial charge in [-0.3, -0.25) is 14.5 Å². The van der Waals surface area contributed by atoms with Crippen molar-refractivity contribution in [2.45, 2.75) is 13.0 Å². The van der Waals surface area contributed by atoms with Crippen LogP contribution in [0.25, 0.3) is 16.0 Å². The number of carbonyl (C=O) groups excluding carboxylic acids is 2. The van der Waals surface area contributed by atoms with Gasteiger partial charge in [0.25, 0.3) is 5.78 Å². The molecule has 1 amide bonds. The highest BCUT2D eigenvalue weighted by Gasteiger charge is 2.48. The van der Waals surface area contributed by atoms with Crippen molar-refractivity contribution in [3.8, 4) is 5.75 Å². The second kappa shape index (κ2) is 8.70. The van der Waals surface area contributed by atoms with Crippen molar-refractivity contribution in [2.24, 2.45) is 0 Å². The van der Waals surface area contributed by atoms with Gasteiger partial charge in [-0.15, -0.1) is 0 Å². The standard InChI is InChI=1S/C26H19BrN2O4S/c1-14-6-11-19-20(12-14)34-26(28-19)29-22(16-4-3-5-17(27)13-16)21(24(31)25(29)32)23(30)15-7-9-18(33-2)10-8-15/h3-13,22,30H,1-2H3/t22-/m1/s1. The summed E-state index contributed by atoms with van der Waals surface area (Å²) >= 11 is 4.82. The number of amides is 1. The van der Waals surface area contributed by atoms with E-state index in [9.17, 15) is 14.7 Å². The number of hydrogen-bond donors (Lipinski definition) is 1. The van der Waals surface area contributed by atoms with Crippen molar-refractivity contribution in [2.75, 3.05) is 12.0 Å². The molecular weight excluding hydrogens is 516 g/mol. The van der Waals surface area contributed by atoms with Crippen molar-refractivity contribution in [3.05, 3.63) is 93.5 Å². The molecule has 0 saturated carbocycles. The summed E-state index contributed by atoms with van der Waals surface area (Å²) in [5.41, 5.74) is 2.94. The number of aliphatic hydroxyl groups excluding tert-OH is 1. The Morgan fingerprint density at radius 2 is 1.85 bits per heavy atom. The second-order valence-corrected chi connectivity index (χ2v) is 9.84. The summed E-state index contributed by atoms with van der Waals surface area (Å²) in [7, 11) is 1.55. The first kappa shape index (κ1) is 22.3. The molecule has 1 atom stereocenters. The number of halogens is 1. The number of carbonyl (C=O) groups is 2. The molecule has 5 rings (SSSR count). The van der Waals surface area contributed by atoms with Gasteiger partial charge in [0.05, 0.1) is 28.9 Å². The maximum atomic E-state index is 13.3. The van der Waals surface area contributed by atoms with Gasteiger partial charge in [-0.05, 0) is 66.6 Å². The lowest BCUT2D eigenvalue weighted by molar-refractivity contribution is -0.132. The molecule has 2 heterocycles. The Morgan fingerprint density at radius 3 is 2.56 bits per heavy atom. The first-order chi connectivity index (χ1) is 16.4. The van der Waals surface area contributed by atoms with Crippen LogP contribution >= 0.6 is 27.3 Å². The number of nitrogens with zero attached hydrogens (tertiary/aromatic N) is 2. The highest BCUT2D eigenvalue weighted by Crippen LogP contribution is 2.44. The molecular formula is C26H19BrN2O4S. The summed E-state index contributed by atoms with van der Waals surface area (Å²) in [6, 6.07) is 19.1. The van der Waals surface area contributed by atoms with Crippen molar-refractivity contribution >= 4 is 60.1 Å². The van der Waals surface area contributed by atoms with Crippen LogP contribution in [0.3, 0.4) is 0 Å². The van der Waals surface area contributed by atoms with E-state index in [-0.39, 0.29) is 11.3 Å². The molecule has 1 aliphatic heterocycles. The Hall–Kier alpha value is -3.49. The summed E-state index contributed by atoms with van der Waals surface area (Å²) in [6.07, 6.45) is 0. The molecule has 0 radical (unpaired) electrons. The minimum absolute atomic E-state index is 0.0173. The number of aromatic nitrogens is 1. The Balaban J connectivity index is 1.72. The van der Waals surface area contributed by atoms with Crippen LogP contribution in [0.15, 0.2) is 76.8 Å². The highest BCUT2D eigenvalue weighted by molar-refractivity contribution is 9.10. The molecule has 0 aliphatic carbocycles. The monoisotopic (exact) mass is 534 g/mol. The molecule has 3 aromatic carbocycles. The van der Waals surface area contributed by atoms with Crippen molar-refractivity contribution in [3.63, 3.8) is 0 Å². The fraction of sp³-hybridized carbons (Fsp3) is 0.115. The van der Waals surface area contributed by atoms with Crippen molar-refractivity contribution < 1.29 is 19.4 Å². The molecule has 0 spiro atoms. The minimum atomic E-state index is -0.832. The van der Waals surface area contributed by atoms with Gasteiger partial charge < -0.3 is 9.84 Å². The number of aliphatic hydroxyl groups is 1. The molecule has 8 heteroatoms. The van der Waals surface area contributed by atoms with Gasteiger partial charge in [0, 0.05) is 10.0 Å². The van der Waals surface area contributed by atoms with Crippen LogP contribution in [0.2, 0.25) is 0 Å². The molecule has 6 nitrogen and oxygen atoms in total. The molecule has 0 unspecified atom stereocenters. The summed E-state index contributed by atoms with van der Waals surface area (Å²) in [5.74, 6) is -1.11. The van der Waals surface area contributed by atoms with Crippen LogP contribution in [-0.4, -0.2) is 28.9 Å². The SMILES string of the molecule is COc1ccc(C(O)=C2C(=O)C(=O)N(c3nc4ccc(C)cc4s3)[C@@H]2c2cccc(Br)c2)cc1. The Morgan fingerprint density at radius 1 is 1.09 bits per heavy atom. The van der Waals surface area contributed by atoms with E-state index in [1.807, 2.05) is 49.4 Å². The number of thiazole rings is 1. The number of hydrogen-bond acceptors (Lipinski definition) is 6. The molecule has 1 N–H and O–H groups in total. The van der Waals surface area contributed by atoms with Gasteiger partial charge in [0.15, 0.2) is 5.13 Å². The molecule has 0 bridgehead atoms. The number of anilines is 1. The number of aryl methyl sites for hydroxylation is 1. The van der Waals surface area contributed by atoms with Crippen LogP contribution in [-0.2, 0) is 9.59 Å². The molecule has 4 aromatic rings. The van der Waals surface area contributed by atoms with Crippen LogP contribution in [0, 0.1) is 6.92 Å². The normalized spacial score (nSPS) is 17.5. The minimum Gasteiger partial charge on any atom is -0.507 e. The largest absolute Gasteiger partial charge is 0.507 e. The third kappa shape index (κ3) is 3.78. The molecule has 34 heavy (non-hydrogen) atoms. The van der Waals surface area contributed by atoms with Crippen LogP contribution in [0.4, 0.5) is 5.13 Å². The predicted octanol–water partition coefficient (Wildman–Crippen LogP) is 6.00. The number of methoxy groups -OCH3 is 1. The number of benzene rings is 3. The lowest BCUT2D eigenvalue weighted by atomic mass is 9.95. The molecule has 1 fully saturated rings. The molecule has 1 saturated heterocycles. The van der Waals surface area contributed by atoms with Crippen LogP contribution in [0.1, 0.15) is 22.7 Å². The van der Waals surface area contributed by atoms with Gasteiger partial charge in [-0.2, -0.15) is 0 Å². The summed E-state index contributed by atoms with van der Waals surface area (Å²) < 4.78 is 6.90. The molecule has 1 aromatic heterocycles. The number of ether oxygens (including phenoxy) is 1.